The van der Waals surface area contributed by atoms with Crippen LogP contribution < -0.4 is 0 Å². The number of rotatable bonds is 6. The van der Waals surface area contributed by atoms with E-state index >= 15 is 0 Å². The van der Waals surface area contributed by atoms with Crippen LogP contribution in [0.5, 0.6) is 0 Å². The molecule has 2 aromatic heterocycles. The number of carbonyl (C=O) groups is 1. The molecule has 0 aliphatic rings. The number of aromatic nitrogens is 3. The average molecular weight is 420 g/mol. The molecule has 0 unspecified atom stereocenters. The summed E-state index contributed by atoms with van der Waals surface area (Å²) in [6.07, 6.45) is 0.310. The van der Waals surface area contributed by atoms with E-state index in [0.29, 0.717) is 16.5 Å². The summed E-state index contributed by atoms with van der Waals surface area (Å²) in [5.41, 5.74) is 3.70. The van der Waals surface area contributed by atoms with Gasteiger partial charge >= 0.3 is 5.97 Å². The quantitative estimate of drug-likeness (QED) is 0.376. The monoisotopic (exact) mass is 419 g/mol. The van der Waals surface area contributed by atoms with Gasteiger partial charge < -0.3 is 9.15 Å². The lowest BCUT2D eigenvalue weighted by molar-refractivity contribution is 0.0284. The van der Waals surface area contributed by atoms with E-state index in [0.717, 1.165) is 22.6 Å². The van der Waals surface area contributed by atoms with Crippen LogP contribution in [0.15, 0.2) is 59.0 Å². The van der Waals surface area contributed by atoms with Crippen LogP contribution in [-0.4, -0.2) is 21.2 Å². The molecule has 30 heavy (non-hydrogen) atoms. The van der Waals surface area contributed by atoms with E-state index < -0.39 is 12.1 Å². The standard InChI is InChI=1S/C23H21N3O3S/c1-4-16-10-12-18(13-11-16)22-24-14(2)19(30-22)23(27)28-15(3)20-25-26-21(29-20)17-8-6-5-7-9-17/h5-13,15H,4H2,1-3H3/t15-/m1/s1. The van der Waals surface area contributed by atoms with E-state index in [1.54, 1.807) is 6.92 Å². The van der Waals surface area contributed by atoms with Crippen LogP contribution in [0, 0.1) is 6.92 Å². The Morgan fingerprint density at radius 1 is 1.07 bits per heavy atom. The summed E-state index contributed by atoms with van der Waals surface area (Å²) < 4.78 is 11.3. The molecule has 0 bridgehead atoms. The van der Waals surface area contributed by atoms with Crippen LogP contribution >= 0.6 is 11.3 Å². The van der Waals surface area contributed by atoms with Gasteiger partial charge in [-0.25, -0.2) is 9.78 Å². The molecule has 6 nitrogen and oxygen atoms in total. The van der Waals surface area contributed by atoms with Crippen molar-refractivity contribution in [3.8, 4) is 22.0 Å². The number of hydrogen-bond donors (Lipinski definition) is 0. The highest BCUT2D eigenvalue weighted by Crippen LogP contribution is 2.30. The fraction of sp³-hybridized carbons (Fsp3) is 0.217. The molecule has 0 saturated heterocycles. The van der Waals surface area contributed by atoms with Gasteiger partial charge in [-0.05, 0) is 38.0 Å². The number of ether oxygens (including phenoxy) is 1. The SMILES string of the molecule is CCc1ccc(-c2nc(C)c(C(=O)O[C@H](C)c3nnc(-c4ccccc4)o3)s2)cc1. The first-order valence-electron chi connectivity index (χ1n) is 9.71. The molecular weight excluding hydrogens is 398 g/mol. The van der Waals surface area contributed by atoms with Gasteiger partial charge in [0.15, 0.2) is 6.10 Å². The lowest BCUT2D eigenvalue weighted by atomic mass is 10.1. The van der Waals surface area contributed by atoms with E-state index in [1.165, 1.54) is 16.9 Å². The van der Waals surface area contributed by atoms with E-state index in [1.807, 2.05) is 49.4 Å². The van der Waals surface area contributed by atoms with Gasteiger partial charge in [0, 0.05) is 11.1 Å². The summed E-state index contributed by atoms with van der Waals surface area (Å²) in [5, 5.41) is 8.86. The Bertz CT molecular complexity index is 1150. The first kappa shape index (κ1) is 20.0. The van der Waals surface area contributed by atoms with Gasteiger partial charge in [-0.15, -0.1) is 21.5 Å². The third-order valence-electron chi connectivity index (χ3n) is 4.68. The third kappa shape index (κ3) is 4.16. The first-order chi connectivity index (χ1) is 14.5. The topological polar surface area (TPSA) is 78.1 Å². The maximum atomic E-state index is 12.7. The summed E-state index contributed by atoms with van der Waals surface area (Å²) in [6.45, 7) is 5.63. The fourth-order valence-electron chi connectivity index (χ4n) is 2.95. The molecule has 4 aromatic rings. The Kier molecular flexibility index (Phi) is 5.72. The van der Waals surface area contributed by atoms with Gasteiger partial charge in [-0.3, -0.25) is 0 Å². The summed E-state index contributed by atoms with van der Waals surface area (Å²) in [7, 11) is 0. The maximum absolute atomic E-state index is 12.7. The molecule has 2 heterocycles. The number of nitrogens with zero attached hydrogens (tertiary/aromatic N) is 3. The van der Waals surface area contributed by atoms with Crippen molar-refractivity contribution in [1.29, 1.82) is 0 Å². The fourth-order valence-corrected chi connectivity index (χ4v) is 3.91. The molecule has 1 atom stereocenters. The molecule has 0 radical (unpaired) electrons. The zero-order valence-electron chi connectivity index (χ0n) is 17.0. The number of hydrogen-bond acceptors (Lipinski definition) is 7. The van der Waals surface area contributed by atoms with E-state index in [4.69, 9.17) is 9.15 Å². The lowest BCUT2D eigenvalue weighted by Crippen LogP contribution is -2.09. The summed E-state index contributed by atoms with van der Waals surface area (Å²) >= 11 is 1.32. The molecule has 0 saturated carbocycles. The third-order valence-corrected chi connectivity index (χ3v) is 5.87. The Hall–Kier alpha value is -3.32. The predicted molar refractivity (Wildman–Crippen MR) is 115 cm³/mol. The smallest absolute Gasteiger partial charge is 0.351 e. The van der Waals surface area contributed by atoms with Gasteiger partial charge in [0.2, 0.25) is 5.89 Å². The minimum atomic E-state index is -0.670. The molecule has 0 aliphatic heterocycles. The minimum absolute atomic E-state index is 0.250. The Labute approximate surface area is 178 Å². The lowest BCUT2D eigenvalue weighted by Gasteiger charge is -2.08. The zero-order valence-corrected chi connectivity index (χ0v) is 17.8. The second-order valence-electron chi connectivity index (χ2n) is 6.84. The van der Waals surface area contributed by atoms with Crippen molar-refractivity contribution in [2.24, 2.45) is 0 Å². The second kappa shape index (κ2) is 8.59. The van der Waals surface area contributed by atoms with Crippen molar-refractivity contribution in [2.45, 2.75) is 33.3 Å². The molecule has 152 valence electrons. The highest BCUT2D eigenvalue weighted by molar-refractivity contribution is 7.17. The molecule has 0 spiro atoms. The Morgan fingerprint density at radius 2 is 1.80 bits per heavy atom. The summed E-state index contributed by atoms with van der Waals surface area (Å²) in [6, 6.07) is 17.7. The van der Waals surface area contributed by atoms with Gasteiger partial charge in [0.25, 0.3) is 5.89 Å². The Balaban J connectivity index is 1.48. The molecule has 0 aliphatic carbocycles. The second-order valence-corrected chi connectivity index (χ2v) is 7.84. The average Bonchev–Trinajstić information content (AvgIpc) is 3.42. The van der Waals surface area contributed by atoms with E-state index in [-0.39, 0.29) is 5.89 Å². The molecule has 0 N–H and O–H groups in total. The van der Waals surface area contributed by atoms with Crippen LogP contribution in [0.3, 0.4) is 0 Å². The molecule has 4 rings (SSSR count). The molecule has 0 amide bonds. The van der Waals surface area contributed by atoms with Crippen molar-refractivity contribution < 1.29 is 13.9 Å². The number of carbonyl (C=O) groups excluding carboxylic acids is 1. The number of aryl methyl sites for hydroxylation is 2. The van der Waals surface area contributed by atoms with Crippen molar-refractivity contribution >= 4 is 17.3 Å². The molecule has 0 fully saturated rings. The Morgan fingerprint density at radius 3 is 2.50 bits per heavy atom. The van der Waals surface area contributed by atoms with Crippen LogP contribution in [0.4, 0.5) is 0 Å². The predicted octanol–water partition coefficient (Wildman–Crippen LogP) is 5.65. The normalized spacial score (nSPS) is 12.0. The van der Waals surface area contributed by atoms with Crippen molar-refractivity contribution in [2.75, 3.05) is 0 Å². The van der Waals surface area contributed by atoms with Crippen LogP contribution in [0.2, 0.25) is 0 Å². The zero-order chi connectivity index (χ0) is 21.1. The summed E-state index contributed by atoms with van der Waals surface area (Å²) in [5.74, 6) is 0.188. The van der Waals surface area contributed by atoms with Gasteiger partial charge in [-0.1, -0.05) is 49.4 Å². The summed E-state index contributed by atoms with van der Waals surface area (Å²) in [4.78, 5) is 17.7. The first-order valence-corrected chi connectivity index (χ1v) is 10.5. The van der Waals surface area contributed by atoms with Crippen molar-refractivity contribution in [3.63, 3.8) is 0 Å². The molecular formula is C23H21N3O3S. The van der Waals surface area contributed by atoms with E-state index in [2.05, 4.69) is 34.2 Å². The van der Waals surface area contributed by atoms with Gasteiger partial charge in [0.1, 0.15) is 9.88 Å². The highest BCUT2D eigenvalue weighted by atomic mass is 32.1. The molecule has 7 heteroatoms. The largest absolute Gasteiger partial charge is 0.448 e. The van der Waals surface area contributed by atoms with Gasteiger partial charge in [0.05, 0.1) is 5.69 Å². The maximum Gasteiger partial charge on any atom is 0.351 e. The highest BCUT2D eigenvalue weighted by Gasteiger charge is 2.23. The molecule has 2 aromatic carbocycles. The minimum Gasteiger partial charge on any atom is -0.448 e. The van der Waals surface area contributed by atoms with Crippen molar-refractivity contribution in [1.82, 2.24) is 15.2 Å². The number of benzene rings is 2. The van der Waals surface area contributed by atoms with Crippen LogP contribution in [0.25, 0.3) is 22.0 Å². The van der Waals surface area contributed by atoms with Gasteiger partial charge in [-0.2, -0.15) is 0 Å². The van der Waals surface area contributed by atoms with Crippen LogP contribution in [0.1, 0.15) is 46.8 Å². The van der Waals surface area contributed by atoms with Crippen LogP contribution in [-0.2, 0) is 11.2 Å². The van der Waals surface area contributed by atoms with E-state index in [9.17, 15) is 4.79 Å². The number of esters is 1. The van der Waals surface area contributed by atoms with Crippen molar-refractivity contribution in [3.05, 3.63) is 76.6 Å². The number of thiazole rings is 1.